The summed E-state index contributed by atoms with van der Waals surface area (Å²) < 4.78 is 5.71. The van der Waals surface area contributed by atoms with E-state index in [0.29, 0.717) is 18.3 Å². The van der Waals surface area contributed by atoms with Crippen LogP contribution in [0.5, 0.6) is 0 Å². The fourth-order valence-corrected chi connectivity index (χ4v) is 8.25. The second kappa shape index (κ2) is 14.6. The Labute approximate surface area is 222 Å². The molecule has 2 fully saturated rings. The second-order valence-corrected chi connectivity index (χ2v) is 13.6. The van der Waals surface area contributed by atoms with E-state index in [1.165, 1.54) is 24.2 Å². The molecule has 0 spiro atoms. The minimum Gasteiger partial charge on any atom is -0.460 e. The van der Waals surface area contributed by atoms with Gasteiger partial charge in [-0.05, 0) is 74.2 Å². The summed E-state index contributed by atoms with van der Waals surface area (Å²) in [5, 5.41) is 3.70. The van der Waals surface area contributed by atoms with Crippen LogP contribution in [0, 0.1) is 23.2 Å². The maximum absolute atomic E-state index is 13.0. The number of hydrogen-bond donors (Lipinski definition) is 1. The van der Waals surface area contributed by atoms with Gasteiger partial charge in [-0.15, -0.1) is 6.58 Å². The number of ether oxygens (including phenoxy) is 1. The Kier molecular flexibility index (Phi) is 12.5. The number of unbranched alkanes of at least 4 members (excludes halogenated alkanes) is 1. The van der Waals surface area contributed by atoms with Crippen LogP contribution in [0.15, 0.2) is 37.0 Å². The molecule has 35 heavy (non-hydrogen) atoms. The third-order valence-electron chi connectivity index (χ3n) is 8.08. The molecule has 198 valence electrons. The van der Waals surface area contributed by atoms with E-state index in [4.69, 9.17) is 4.74 Å². The van der Waals surface area contributed by atoms with Gasteiger partial charge in [0, 0.05) is 17.4 Å². The van der Waals surface area contributed by atoms with Crippen molar-refractivity contribution in [1.82, 2.24) is 5.32 Å². The Bertz CT molecular complexity index is 761. The zero-order valence-electron chi connectivity index (χ0n) is 22.4. The Hall–Kier alpha value is -1.14. The maximum atomic E-state index is 13.0. The van der Waals surface area contributed by atoms with Crippen molar-refractivity contribution in [2.24, 2.45) is 23.2 Å². The van der Waals surface area contributed by atoms with E-state index < -0.39 is 6.04 Å². The highest BCUT2D eigenvalue weighted by molar-refractivity contribution is 8.77. The van der Waals surface area contributed by atoms with Crippen molar-refractivity contribution >= 4 is 33.5 Å². The van der Waals surface area contributed by atoms with Crippen molar-refractivity contribution < 1.29 is 14.3 Å². The lowest BCUT2D eigenvalue weighted by Gasteiger charge is -2.43. The molecule has 0 aromatic carbocycles. The molecule has 6 atom stereocenters. The molecular formula is C29H47NO3S2. The smallest absolute Gasteiger partial charge is 0.329 e. The monoisotopic (exact) mass is 521 g/mol. The first-order valence-electron chi connectivity index (χ1n) is 13.3. The lowest BCUT2D eigenvalue weighted by atomic mass is 9.61. The molecule has 1 saturated carbocycles. The van der Waals surface area contributed by atoms with Crippen molar-refractivity contribution in [3.8, 4) is 0 Å². The summed E-state index contributed by atoms with van der Waals surface area (Å²) >= 11 is 0. The molecule has 0 bridgehead atoms. The summed E-state index contributed by atoms with van der Waals surface area (Å²) in [6.45, 7) is 21.1. The van der Waals surface area contributed by atoms with Crippen molar-refractivity contribution in [3.63, 3.8) is 0 Å². The van der Waals surface area contributed by atoms with E-state index in [0.717, 1.165) is 49.3 Å². The van der Waals surface area contributed by atoms with Gasteiger partial charge < -0.3 is 10.1 Å². The third-order valence-corrected chi connectivity index (χ3v) is 11.1. The number of hydrogen-bond acceptors (Lipinski definition) is 5. The fourth-order valence-electron chi connectivity index (χ4n) is 5.22. The lowest BCUT2D eigenvalue weighted by molar-refractivity contribution is -0.148. The van der Waals surface area contributed by atoms with E-state index in [1.54, 1.807) is 0 Å². The molecule has 1 aliphatic heterocycles. The number of esters is 1. The molecule has 1 amide bonds. The first-order valence-corrected chi connectivity index (χ1v) is 15.7. The van der Waals surface area contributed by atoms with Crippen LogP contribution in [-0.4, -0.2) is 35.5 Å². The van der Waals surface area contributed by atoms with Crippen LogP contribution in [-0.2, 0) is 14.3 Å². The molecule has 1 N–H and O–H groups in total. The molecule has 1 heterocycles. The fraction of sp³-hybridized carbons (Fsp3) is 0.724. The van der Waals surface area contributed by atoms with E-state index in [-0.39, 0.29) is 29.8 Å². The Morgan fingerprint density at radius 2 is 2.00 bits per heavy atom. The van der Waals surface area contributed by atoms with Crippen molar-refractivity contribution in [1.29, 1.82) is 0 Å². The molecule has 0 aromatic rings. The molecule has 1 saturated heterocycles. The maximum Gasteiger partial charge on any atom is 0.329 e. The topological polar surface area (TPSA) is 55.4 Å². The van der Waals surface area contributed by atoms with Crippen LogP contribution >= 0.6 is 21.6 Å². The van der Waals surface area contributed by atoms with Gasteiger partial charge in [0.05, 0.1) is 0 Å². The van der Waals surface area contributed by atoms with Gasteiger partial charge in [-0.3, -0.25) is 4.79 Å². The van der Waals surface area contributed by atoms with Crippen LogP contribution in [0.4, 0.5) is 0 Å². The van der Waals surface area contributed by atoms with Gasteiger partial charge in [-0.25, -0.2) is 4.79 Å². The summed E-state index contributed by atoms with van der Waals surface area (Å²) in [4.78, 5) is 25.6. The highest BCUT2D eigenvalue weighted by Gasteiger charge is 2.39. The lowest BCUT2D eigenvalue weighted by Crippen LogP contribution is -2.46. The molecule has 3 unspecified atom stereocenters. The second-order valence-electron chi connectivity index (χ2n) is 10.9. The van der Waals surface area contributed by atoms with E-state index in [1.807, 2.05) is 35.4 Å². The van der Waals surface area contributed by atoms with Gasteiger partial charge in [-0.2, -0.15) is 0 Å². The molecule has 0 radical (unpaired) electrons. The van der Waals surface area contributed by atoms with Crippen molar-refractivity contribution in [3.05, 3.63) is 37.0 Å². The highest BCUT2D eigenvalue weighted by atomic mass is 33.1. The van der Waals surface area contributed by atoms with Crippen molar-refractivity contribution in [2.45, 2.75) is 96.8 Å². The summed E-state index contributed by atoms with van der Waals surface area (Å²) in [6, 6.07) is -0.610. The molecule has 2 aliphatic rings. The zero-order valence-corrected chi connectivity index (χ0v) is 24.0. The zero-order chi connectivity index (χ0) is 26.0. The molecule has 0 aromatic heterocycles. The van der Waals surface area contributed by atoms with Gasteiger partial charge >= 0.3 is 5.97 Å². The van der Waals surface area contributed by atoms with Crippen molar-refractivity contribution in [2.75, 3.05) is 12.4 Å². The predicted octanol–water partition coefficient (Wildman–Crippen LogP) is 7.52. The summed E-state index contributed by atoms with van der Waals surface area (Å²) in [7, 11) is 3.94. The first kappa shape index (κ1) is 30.1. The average molecular weight is 522 g/mol. The number of carbonyl (C=O) groups is 2. The number of rotatable bonds is 14. The third kappa shape index (κ3) is 9.03. The van der Waals surface area contributed by atoms with Gasteiger partial charge in [0.1, 0.15) is 12.6 Å². The molecular weight excluding hydrogens is 474 g/mol. The van der Waals surface area contributed by atoms with Crippen LogP contribution < -0.4 is 5.32 Å². The van der Waals surface area contributed by atoms with Gasteiger partial charge in [0.2, 0.25) is 5.91 Å². The highest BCUT2D eigenvalue weighted by Crippen LogP contribution is 2.48. The number of carbonyl (C=O) groups excluding carboxylic acids is 2. The normalized spacial score (nSPS) is 28.1. The minimum absolute atomic E-state index is 0.0161. The van der Waals surface area contributed by atoms with Crippen LogP contribution in [0.25, 0.3) is 0 Å². The summed E-state index contributed by atoms with van der Waals surface area (Å²) in [5.74, 6) is 1.50. The molecule has 4 nitrogen and oxygen atoms in total. The van der Waals surface area contributed by atoms with Gasteiger partial charge in [-0.1, -0.05) is 80.0 Å². The molecule has 2 rings (SSSR count). The minimum atomic E-state index is -0.610. The Balaban J connectivity index is 1.83. The number of nitrogens with one attached hydrogen (secondary N) is 1. The standard InChI is InChI=1S/C29H47NO3S2/c1-8-21(5)27(30-26(31)13-11-10-12-24-15-17-34-35-24)28(32)33-19-22(6)23-14-16-29(7,9-2)25(18-23)20(3)4/h9,21,23-25,27H,2-3,6,8,10-19H2,1,4-5,7H3,(H,30,31)/t21?,23-,24?,25+,27?,29-/m1/s1. The molecule has 6 heteroatoms. The first-order chi connectivity index (χ1) is 16.6. The van der Waals surface area contributed by atoms with Gasteiger partial charge in [0.15, 0.2) is 0 Å². The quantitative estimate of drug-likeness (QED) is 0.111. The summed E-state index contributed by atoms with van der Waals surface area (Å²) in [5.41, 5.74) is 2.18. The van der Waals surface area contributed by atoms with Crippen LogP contribution in [0.3, 0.4) is 0 Å². The Morgan fingerprint density at radius 1 is 1.26 bits per heavy atom. The Morgan fingerprint density at radius 3 is 2.60 bits per heavy atom. The largest absolute Gasteiger partial charge is 0.460 e. The summed E-state index contributed by atoms with van der Waals surface area (Å²) in [6.07, 6.45) is 10.7. The van der Waals surface area contributed by atoms with Gasteiger partial charge in [0.25, 0.3) is 0 Å². The average Bonchev–Trinajstić information content (AvgIpc) is 3.36. The van der Waals surface area contributed by atoms with Crippen LogP contribution in [0.2, 0.25) is 0 Å². The van der Waals surface area contributed by atoms with E-state index >= 15 is 0 Å². The SMILES string of the molecule is C=C[C@]1(C)CC[C@@H](C(=C)COC(=O)C(NC(=O)CCCCC2CCSS2)C(C)CC)C[C@H]1C(=C)C. The number of amides is 1. The van der Waals surface area contributed by atoms with E-state index in [2.05, 4.69) is 45.0 Å². The van der Waals surface area contributed by atoms with Crippen LogP contribution in [0.1, 0.15) is 85.5 Å². The number of allylic oxidation sites excluding steroid dienone is 2. The molecule has 1 aliphatic carbocycles. The van der Waals surface area contributed by atoms with E-state index in [9.17, 15) is 9.59 Å². The predicted molar refractivity (Wildman–Crippen MR) is 152 cm³/mol.